The van der Waals surface area contributed by atoms with E-state index in [9.17, 15) is 9.90 Å². The molecule has 1 aromatic carbocycles. The molecule has 2 fully saturated rings. The first-order valence-corrected chi connectivity index (χ1v) is 13.2. The first kappa shape index (κ1) is 25.1. The molecule has 1 spiro atoms. The lowest BCUT2D eigenvalue weighted by Crippen LogP contribution is -2.50. The normalized spacial score (nSPS) is 21.9. The molecule has 5 rings (SSSR count). The van der Waals surface area contributed by atoms with E-state index < -0.39 is 11.6 Å². The lowest BCUT2D eigenvalue weighted by molar-refractivity contribution is -0.220. The fourth-order valence-electron chi connectivity index (χ4n) is 5.60. The van der Waals surface area contributed by atoms with Gasteiger partial charge in [0.1, 0.15) is 11.4 Å². The number of amides is 1. The van der Waals surface area contributed by atoms with Crippen LogP contribution in [0.25, 0.3) is 17.0 Å². The summed E-state index contributed by atoms with van der Waals surface area (Å²) in [5, 5.41) is 25.0. The molecule has 1 atom stereocenters. The van der Waals surface area contributed by atoms with Gasteiger partial charge in [0.2, 0.25) is 0 Å². The van der Waals surface area contributed by atoms with E-state index in [1.165, 1.54) is 19.3 Å². The number of fused-ring (bicyclic) bond motifs is 1. The van der Waals surface area contributed by atoms with Gasteiger partial charge < -0.3 is 20.1 Å². The number of nitrogens with zero attached hydrogens (tertiary/aromatic N) is 3. The Morgan fingerprint density at radius 3 is 2.81 bits per heavy atom. The van der Waals surface area contributed by atoms with Crippen LogP contribution in [0.15, 0.2) is 41.5 Å². The van der Waals surface area contributed by atoms with Crippen molar-refractivity contribution in [1.29, 1.82) is 0 Å². The number of aliphatic hydroxyl groups excluding tert-OH is 2. The summed E-state index contributed by atoms with van der Waals surface area (Å²) in [7, 11) is 0. The van der Waals surface area contributed by atoms with Crippen LogP contribution in [-0.2, 0) is 16.3 Å². The summed E-state index contributed by atoms with van der Waals surface area (Å²) in [4.78, 5) is 23.4. The predicted octanol–water partition coefficient (Wildman–Crippen LogP) is 2.39. The number of hydroxylamine groups is 3. The van der Waals surface area contributed by atoms with Crippen molar-refractivity contribution < 1.29 is 19.9 Å². The third kappa shape index (κ3) is 5.40. The molecular weight excluding hydrogens is 458 g/mol. The zero-order chi connectivity index (χ0) is 25.0. The van der Waals surface area contributed by atoms with Crippen LogP contribution >= 0.6 is 0 Å². The first-order valence-electron chi connectivity index (χ1n) is 13.2. The maximum Gasteiger partial charge on any atom is 0.253 e. The molecule has 9 nitrogen and oxygen atoms in total. The quantitative estimate of drug-likeness (QED) is 0.314. The average molecular weight is 496 g/mol. The van der Waals surface area contributed by atoms with Crippen molar-refractivity contribution in [1.82, 2.24) is 20.4 Å². The minimum Gasteiger partial charge on any atom is -0.394 e. The van der Waals surface area contributed by atoms with Gasteiger partial charge in [-0.1, -0.05) is 43.5 Å². The van der Waals surface area contributed by atoms with Gasteiger partial charge in [-0.25, -0.2) is 4.94 Å². The Hall–Kier alpha value is -2.56. The number of carbonyl (C=O) groups is 1. The highest BCUT2D eigenvalue weighted by molar-refractivity contribution is 6.09. The van der Waals surface area contributed by atoms with E-state index in [0.29, 0.717) is 44.9 Å². The van der Waals surface area contributed by atoms with E-state index in [1.54, 1.807) is 0 Å². The van der Waals surface area contributed by atoms with Gasteiger partial charge in [0.05, 0.1) is 19.3 Å². The van der Waals surface area contributed by atoms with Gasteiger partial charge in [0.25, 0.3) is 5.91 Å². The average Bonchev–Trinajstić information content (AvgIpc) is 3.46. The standard InChI is InChI=1S/C27H37N5O4/c33-19-22(34)18-31-15-11-23-20(8-4-10-24(23)31)9-5-14-28-36-32-16-12-27(13-17-32)26(35)29-25(30-27)21-6-2-1-3-7-21/h4-5,8-11,15,21-22,28,33-34H,1-3,6-7,12-14,16-19H2,(H,29,30,35)/b9-5+. The molecule has 1 aromatic heterocycles. The Morgan fingerprint density at radius 2 is 2.03 bits per heavy atom. The molecule has 4 N–H and O–H groups in total. The Kier molecular flexibility index (Phi) is 7.83. The Morgan fingerprint density at radius 1 is 1.22 bits per heavy atom. The summed E-state index contributed by atoms with van der Waals surface area (Å²) in [5.41, 5.74) is 4.47. The van der Waals surface area contributed by atoms with Crippen LogP contribution < -0.4 is 10.8 Å². The summed E-state index contributed by atoms with van der Waals surface area (Å²) < 4.78 is 1.95. The number of aliphatic imine (C=N–C) groups is 1. The number of amidine groups is 1. The van der Waals surface area contributed by atoms with Crippen molar-refractivity contribution in [2.75, 3.05) is 26.2 Å². The van der Waals surface area contributed by atoms with E-state index in [0.717, 1.165) is 35.1 Å². The number of piperidine rings is 1. The summed E-state index contributed by atoms with van der Waals surface area (Å²) in [5.74, 6) is 1.40. The number of hydrogen-bond donors (Lipinski definition) is 4. The summed E-state index contributed by atoms with van der Waals surface area (Å²) in [6, 6.07) is 8.06. The van der Waals surface area contributed by atoms with Crippen LogP contribution in [0.1, 0.15) is 50.5 Å². The van der Waals surface area contributed by atoms with Crippen molar-refractivity contribution in [3.63, 3.8) is 0 Å². The highest BCUT2D eigenvalue weighted by Gasteiger charge is 2.47. The van der Waals surface area contributed by atoms with Crippen molar-refractivity contribution in [3.8, 4) is 0 Å². The number of rotatable bonds is 9. The molecule has 36 heavy (non-hydrogen) atoms. The smallest absolute Gasteiger partial charge is 0.253 e. The fourth-order valence-corrected chi connectivity index (χ4v) is 5.60. The van der Waals surface area contributed by atoms with Gasteiger partial charge in [0.15, 0.2) is 0 Å². The van der Waals surface area contributed by atoms with E-state index in [1.807, 2.05) is 52.2 Å². The molecule has 1 saturated heterocycles. The Labute approximate surface area is 211 Å². The zero-order valence-electron chi connectivity index (χ0n) is 20.7. The first-order chi connectivity index (χ1) is 17.6. The molecular formula is C27H37N5O4. The van der Waals surface area contributed by atoms with Crippen molar-refractivity contribution in [2.24, 2.45) is 10.9 Å². The largest absolute Gasteiger partial charge is 0.394 e. The molecule has 1 amide bonds. The zero-order valence-corrected chi connectivity index (χ0v) is 20.7. The molecule has 2 aromatic rings. The van der Waals surface area contributed by atoms with E-state index in [-0.39, 0.29) is 12.5 Å². The topological polar surface area (TPSA) is 111 Å². The second-order valence-electron chi connectivity index (χ2n) is 10.2. The molecule has 3 heterocycles. The van der Waals surface area contributed by atoms with Crippen LogP contribution in [-0.4, -0.2) is 69.5 Å². The monoisotopic (exact) mass is 495 g/mol. The number of aliphatic hydroxyl groups is 2. The highest BCUT2D eigenvalue weighted by atomic mass is 16.8. The molecule has 194 valence electrons. The van der Waals surface area contributed by atoms with E-state index in [2.05, 4.69) is 10.8 Å². The van der Waals surface area contributed by atoms with E-state index in [4.69, 9.17) is 15.0 Å². The summed E-state index contributed by atoms with van der Waals surface area (Å²) in [6.07, 6.45) is 12.5. The van der Waals surface area contributed by atoms with Crippen LogP contribution in [0, 0.1) is 5.92 Å². The Balaban J connectivity index is 1.09. The molecule has 0 bridgehead atoms. The molecule has 3 aliphatic rings. The predicted molar refractivity (Wildman–Crippen MR) is 139 cm³/mol. The third-order valence-corrected chi connectivity index (χ3v) is 7.70. The van der Waals surface area contributed by atoms with Crippen molar-refractivity contribution in [2.45, 2.75) is 63.1 Å². The Bertz CT molecular complexity index is 1110. The number of carbonyl (C=O) groups excluding carboxylic acids is 1. The number of hydrogen-bond acceptors (Lipinski definition) is 7. The molecule has 1 unspecified atom stereocenters. The van der Waals surface area contributed by atoms with Gasteiger partial charge in [0, 0.05) is 42.7 Å². The van der Waals surface area contributed by atoms with Gasteiger partial charge in [-0.15, -0.1) is 0 Å². The van der Waals surface area contributed by atoms with Crippen LogP contribution in [0.2, 0.25) is 0 Å². The number of benzene rings is 1. The molecule has 9 heteroatoms. The lowest BCUT2D eigenvalue weighted by Gasteiger charge is -2.34. The minimum absolute atomic E-state index is 0.0625. The second-order valence-corrected chi connectivity index (χ2v) is 10.2. The SMILES string of the molecule is O=C1NC(C2CCCCC2)=NC12CCN(ONC/C=C/c1cccc3c1ccn3CC(O)CO)CC2. The van der Waals surface area contributed by atoms with E-state index >= 15 is 0 Å². The maximum atomic E-state index is 12.8. The van der Waals surface area contributed by atoms with Gasteiger partial charge in [-0.2, -0.15) is 10.5 Å². The van der Waals surface area contributed by atoms with Gasteiger partial charge in [-0.3, -0.25) is 9.79 Å². The molecule has 0 radical (unpaired) electrons. The summed E-state index contributed by atoms with van der Waals surface area (Å²) in [6.45, 7) is 1.93. The maximum absolute atomic E-state index is 12.8. The number of aromatic nitrogens is 1. The molecule has 1 aliphatic carbocycles. The van der Waals surface area contributed by atoms with Gasteiger partial charge >= 0.3 is 0 Å². The van der Waals surface area contributed by atoms with Crippen molar-refractivity contribution >= 4 is 28.7 Å². The molecule has 1 saturated carbocycles. The second kappa shape index (κ2) is 11.2. The third-order valence-electron chi connectivity index (χ3n) is 7.70. The highest BCUT2D eigenvalue weighted by Crippen LogP contribution is 2.34. The van der Waals surface area contributed by atoms with Crippen LogP contribution in [0.4, 0.5) is 0 Å². The fraction of sp³-hybridized carbons (Fsp3) is 0.556. The van der Waals surface area contributed by atoms with Crippen LogP contribution in [0.5, 0.6) is 0 Å². The minimum atomic E-state index is -0.778. The summed E-state index contributed by atoms with van der Waals surface area (Å²) >= 11 is 0. The lowest BCUT2D eigenvalue weighted by atomic mass is 9.88. The molecule has 2 aliphatic heterocycles. The van der Waals surface area contributed by atoms with Crippen LogP contribution in [0.3, 0.4) is 0 Å². The van der Waals surface area contributed by atoms with Gasteiger partial charge in [-0.05, 0) is 43.4 Å². The number of nitrogens with one attached hydrogen (secondary N) is 2. The van der Waals surface area contributed by atoms with Crippen molar-refractivity contribution in [3.05, 3.63) is 42.1 Å².